The van der Waals surface area contributed by atoms with Crippen LogP contribution >= 0.6 is 15.9 Å². The van der Waals surface area contributed by atoms with E-state index in [0.29, 0.717) is 21.5 Å². The van der Waals surface area contributed by atoms with Gasteiger partial charge in [0.2, 0.25) is 0 Å². The van der Waals surface area contributed by atoms with Crippen molar-refractivity contribution in [1.29, 1.82) is 0 Å². The molecule has 1 saturated carbocycles. The third-order valence-electron chi connectivity index (χ3n) is 4.65. The molecule has 1 aromatic carbocycles. The molecule has 0 atom stereocenters. The van der Waals surface area contributed by atoms with Gasteiger partial charge in [-0.25, -0.2) is 8.78 Å². The first-order valence-electron chi connectivity index (χ1n) is 7.66. The van der Waals surface area contributed by atoms with Gasteiger partial charge >= 0.3 is 0 Å². The SMILES string of the molecule is CC(C)(C)C1CCC(CNc2c(F)cc(F)cc2Br)CC1. The Morgan fingerprint density at radius 1 is 1.14 bits per heavy atom. The average molecular weight is 360 g/mol. The molecule has 0 aromatic heterocycles. The highest BCUT2D eigenvalue weighted by Crippen LogP contribution is 2.40. The number of benzene rings is 1. The van der Waals surface area contributed by atoms with Crippen molar-refractivity contribution in [2.24, 2.45) is 17.3 Å². The molecule has 1 aromatic rings. The fourth-order valence-corrected chi connectivity index (χ4v) is 3.74. The smallest absolute Gasteiger partial charge is 0.150 e. The summed E-state index contributed by atoms with van der Waals surface area (Å²) in [5, 5.41) is 3.14. The Balaban J connectivity index is 1.88. The lowest BCUT2D eigenvalue weighted by Crippen LogP contribution is -2.28. The van der Waals surface area contributed by atoms with Crippen LogP contribution in [-0.2, 0) is 0 Å². The molecular weight excluding hydrogens is 336 g/mol. The van der Waals surface area contributed by atoms with Crippen LogP contribution in [0.15, 0.2) is 16.6 Å². The highest BCUT2D eigenvalue weighted by atomic mass is 79.9. The van der Waals surface area contributed by atoms with Crippen LogP contribution in [0.4, 0.5) is 14.5 Å². The van der Waals surface area contributed by atoms with E-state index in [9.17, 15) is 8.78 Å². The number of hydrogen-bond acceptors (Lipinski definition) is 1. The topological polar surface area (TPSA) is 12.0 Å². The fraction of sp³-hybridized carbons (Fsp3) is 0.647. The van der Waals surface area contributed by atoms with Gasteiger partial charge in [-0.05, 0) is 64.9 Å². The molecular formula is C17H24BrF2N. The Morgan fingerprint density at radius 2 is 1.76 bits per heavy atom. The second kappa shape index (κ2) is 6.64. The molecule has 1 nitrogen and oxygen atoms in total. The molecule has 1 aliphatic rings. The molecule has 0 bridgehead atoms. The maximum atomic E-state index is 13.8. The third-order valence-corrected chi connectivity index (χ3v) is 5.27. The lowest BCUT2D eigenvalue weighted by atomic mass is 9.70. The summed E-state index contributed by atoms with van der Waals surface area (Å²) >= 11 is 3.22. The predicted octanol–water partition coefficient (Wildman–Crippen LogP) is 5.99. The first-order valence-corrected chi connectivity index (χ1v) is 8.45. The molecule has 1 N–H and O–H groups in total. The molecule has 0 unspecified atom stereocenters. The van der Waals surface area contributed by atoms with Crippen LogP contribution in [0.1, 0.15) is 46.5 Å². The zero-order valence-corrected chi connectivity index (χ0v) is 14.6. The van der Waals surface area contributed by atoms with Crippen molar-refractivity contribution in [3.63, 3.8) is 0 Å². The average Bonchev–Trinajstić information content (AvgIpc) is 2.37. The van der Waals surface area contributed by atoms with Gasteiger partial charge < -0.3 is 5.32 Å². The Bertz CT molecular complexity index is 465. The first kappa shape index (κ1) is 16.7. The van der Waals surface area contributed by atoms with Gasteiger partial charge in [-0.1, -0.05) is 20.8 Å². The van der Waals surface area contributed by atoms with Crippen LogP contribution in [0, 0.1) is 28.9 Å². The normalized spacial score (nSPS) is 23.1. The lowest BCUT2D eigenvalue weighted by Gasteiger charge is -2.37. The second-order valence-corrected chi connectivity index (χ2v) is 8.06. The van der Waals surface area contributed by atoms with Crippen LogP contribution < -0.4 is 5.32 Å². The van der Waals surface area contributed by atoms with Crippen LogP contribution in [0.2, 0.25) is 0 Å². The van der Waals surface area contributed by atoms with E-state index in [4.69, 9.17) is 0 Å². The molecule has 0 spiro atoms. The summed E-state index contributed by atoms with van der Waals surface area (Å²) in [5.41, 5.74) is 0.749. The zero-order valence-electron chi connectivity index (χ0n) is 13.0. The molecule has 0 radical (unpaired) electrons. The van der Waals surface area contributed by atoms with Crippen molar-refractivity contribution in [2.75, 3.05) is 11.9 Å². The van der Waals surface area contributed by atoms with Gasteiger partial charge in [-0.2, -0.15) is 0 Å². The Morgan fingerprint density at radius 3 is 2.29 bits per heavy atom. The predicted molar refractivity (Wildman–Crippen MR) is 87.5 cm³/mol. The fourth-order valence-electron chi connectivity index (χ4n) is 3.19. The number of anilines is 1. The van der Waals surface area contributed by atoms with Gasteiger partial charge in [0.05, 0.1) is 5.69 Å². The summed E-state index contributed by atoms with van der Waals surface area (Å²) in [7, 11) is 0. The number of rotatable bonds is 3. The maximum absolute atomic E-state index is 13.8. The summed E-state index contributed by atoms with van der Waals surface area (Å²) < 4.78 is 27.3. The maximum Gasteiger partial charge on any atom is 0.150 e. The van der Waals surface area contributed by atoms with Gasteiger partial charge in [-0.3, -0.25) is 0 Å². The monoisotopic (exact) mass is 359 g/mol. The number of halogens is 3. The van der Waals surface area contributed by atoms with Crippen LogP contribution in [-0.4, -0.2) is 6.54 Å². The molecule has 4 heteroatoms. The van der Waals surface area contributed by atoms with E-state index in [1.165, 1.54) is 31.7 Å². The molecule has 118 valence electrons. The minimum Gasteiger partial charge on any atom is -0.381 e. The van der Waals surface area contributed by atoms with E-state index in [1.54, 1.807) is 0 Å². The van der Waals surface area contributed by atoms with Crippen LogP contribution in [0.25, 0.3) is 0 Å². The van der Waals surface area contributed by atoms with Gasteiger partial charge in [0, 0.05) is 17.1 Å². The van der Waals surface area contributed by atoms with E-state index >= 15 is 0 Å². The Labute approximate surface area is 134 Å². The second-order valence-electron chi connectivity index (χ2n) is 7.21. The van der Waals surface area contributed by atoms with E-state index in [-0.39, 0.29) is 0 Å². The zero-order chi connectivity index (χ0) is 15.6. The number of hydrogen-bond donors (Lipinski definition) is 1. The Hall–Kier alpha value is -0.640. The summed E-state index contributed by atoms with van der Waals surface area (Å²) in [5.74, 6) is 0.254. The molecule has 0 heterocycles. The van der Waals surface area contributed by atoms with Gasteiger partial charge in [0.15, 0.2) is 0 Å². The van der Waals surface area contributed by atoms with Crippen molar-refractivity contribution in [3.8, 4) is 0 Å². The summed E-state index contributed by atoms with van der Waals surface area (Å²) in [4.78, 5) is 0. The molecule has 0 aliphatic heterocycles. The third kappa shape index (κ3) is 4.41. The largest absolute Gasteiger partial charge is 0.381 e. The van der Waals surface area contributed by atoms with Crippen molar-refractivity contribution in [1.82, 2.24) is 0 Å². The van der Waals surface area contributed by atoms with E-state index in [2.05, 4.69) is 42.0 Å². The molecule has 21 heavy (non-hydrogen) atoms. The minimum absolute atomic E-state index is 0.370. The van der Waals surface area contributed by atoms with E-state index < -0.39 is 11.6 Å². The van der Waals surface area contributed by atoms with Gasteiger partial charge in [0.1, 0.15) is 11.6 Å². The Kier molecular flexibility index (Phi) is 5.29. The number of nitrogens with one attached hydrogen (secondary N) is 1. The van der Waals surface area contributed by atoms with Crippen molar-refractivity contribution < 1.29 is 8.78 Å². The molecule has 0 amide bonds. The summed E-state index contributed by atoms with van der Waals surface area (Å²) in [6.07, 6.45) is 4.83. The highest BCUT2D eigenvalue weighted by Gasteiger charge is 2.29. The van der Waals surface area contributed by atoms with E-state index in [0.717, 1.165) is 18.5 Å². The molecule has 2 rings (SSSR count). The highest BCUT2D eigenvalue weighted by molar-refractivity contribution is 9.10. The molecule has 0 saturated heterocycles. The standard InChI is InChI=1S/C17H24BrF2N/c1-17(2,3)12-6-4-11(5-7-12)10-21-16-14(18)8-13(19)9-15(16)20/h8-9,11-12,21H,4-7,10H2,1-3H3. The van der Waals surface area contributed by atoms with Gasteiger partial charge in [-0.15, -0.1) is 0 Å². The molecule has 1 aliphatic carbocycles. The molecule has 1 fully saturated rings. The quantitative estimate of drug-likeness (QED) is 0.698. The minimum atomic E-state index is -0.560. The van der Waals surface area contributed by atoms with E-state index in [1.807, 2.05) is 0 Å². The summed E-state index contributed by atoms with van der Waals surface area (Å²) in [6.45, 7) is 7.67. The van der Waals surface area contributed by atoms with Crippen molar-refractivity contribution in [2.45, 2.75) is 46.5 Å². The van der Waals surface area contributed by atoms with Crippen LogP contribution in [0.3, 0.4) is 0 Å². The van der Waals surface area contributed by atoms with Gasteiger partial charge in [0.25, 0.3) is 0 Å². The lowest BCUT2D eigenvalue weighted by molar-refractivity contribution is 0.153. The first-order chi connectivity index (χ1) is 9.77. The van der Waals surface area contributed by atoms with Crippen molar-refractivity contribution in [3.05, 3.63) is 28.2 Å². The summed E-state index contributed by atoms with van der Waals surface area (Å²) in [6, 6.07) is 2.21. The van der Waals surface area contributed by atoms with Crippen molar-refractivity contribution >= 4 is 21.6 Å². The van der Waals surface area contributed by atoms with Crippen LogP contribution in [0.5, 0.6) is 0 Å².